The number of alkyl halides is 3. The molecule has 0 fully saturated rings. The summed E-state index contributed by atoms with van der Waals surface area (Å²) in [6.07, 6.45) is -5.76. The van der Waals surface area contributed by atoms with E-state index < -0.39 is 35.3 Å². The maximum absolute atomic E-state index is 13.1. The van der Waals surface area contributed by atoms with Gasteiger partial charge in [0, 0.05) is 11.1 Å². The van der Waals surface area contributed by atoms with Crippen LogP contribution in [0, 0.1) is 5.82 Å². The standard InChI is InChI=1S/C20H19F4NO3/c1-19(2)18(27)17(25-10-15(26)11-3-6-13(21)7-4-11)14-9-12(20(22,23)24)5-8-16(14)28-19/h3-9,17-18,25,27H,10H2,1-2H3. The van der Waals surface area contributed by atoms with Crippen LogP contribution in [0.1, 0.15) is 41.4 Å². The minimum absolute atomic E-state index is 0.119. The lowest BCUT2D eigenvalue weighted by atomic mass is 9.85. The Hall–Kier alpha value is -2.45. The number of aliphatic hydroxyl groups is 1. The number of carbonyl (C=O) groups is 1. The predicted octanol–water partition coefficient (Wildman–Crippen LogP) is 3.89. The molecule has 2 N–H and O–H groups in total. The first-order chi connectivity index (χ1) is 13.0. The van der Waals surface area contributed by atoms with Gasteiger partial charge < -0.3 is 15.2 Å². The SMILES string of the molecule is CC1(C)Oc2ccc(C(F)(F)F)cc2C(NCC(=O)c2ccc(F)cc2)C1O. The highest BCUT2D eigenvalue weighted by molar-refractivity contribution is 5.97. The van der Waals surface area contributed by atoms with E-state index in [4.69, 9.17) is 4.74 Å². The van der Waals surface area contributed by atoms with Crippen molar-refractivity contribution in [1.29, 1.82) is 0 Å². The van der Waals surface area contributed by atoms with Crippen molar-refractivity contribution in [2.24, 2.45) is 0 Å². The normalized spacial score (nSPS) is 21.0. The number of rotatable bonds is 4. The molecule has 1 aliphatic heterocycles. The highest BCUT2D eigenvalue weighted by Crippen LogP contribution is 2.42. The largest absolute Gasteiger partial charge is 0.485 e. The number of halogens is 4. The summed E-state index contributed by atoms with van der Waals surface area (Å²) >= 11 is 0. The van der Waals surface area contributed by atoms with E-state index in [1.54, 1.807) is 13.8 Å². The fraction of sp³-hybridized carbons (Fsp3) is 0.350. The monoisotopic (exact) mass is 397 g/mol. The van der Waals surface area contributed by atoms with Gasteiger partial charge in [0.2, 0.25) is 0 Å². The first-order valence-corrected chi connectivity index (χ1v) is 8.59. The van der Waals surface area contributed by atoms with Crippen LogP contribution >= 0.6 is 0 Å². The number of ketones is 1. The van der Waals surface area contributed by atoms with Gasteiger partial charge in [-0.3, -0.25) is 4.79 Å². The number of nitrogens with one attached hydrogen (secondary N) is 1. The molecule has 0 aromatic heterocycles. The van der Waals surface area contributed by atoms with Gasteiger partial charge in [0.1, 0.15) is 23.3 Å². The summed E-state index contributed by atoms with van der Waals surface area (Å²) in [5.74, 6) is -0.667. The molecular weight excluding hydrogens is 378 g/mol. The average Bonchev–Trinajstić information content (AvgIpc) is 2.61. The minimum atomic E-state index is -4.55. The zero-order valence-corrected chi connectivity index (χ0v) is 15.2. The van der Waals surface area contributed by atoms with Crippen LogP contribution in [-0.2, 0) is 6.18 Å². The Bertz CT molecular complexity index is 878. The number of benzene rings is 2. The second kappa shape index (κ2) is 7.18. The van der Waals surface area contributed by atoms with Crippen LogP contribution in [0.2, 0.25) is 0 Å². The van der Waals surface area contributed by atoms with E-state index in [2.05, 4.69) is 5.32 Å². The smallest absolute Gasteiger partial charge is 0.416 e. The van der Waals surface area contributed by atoms with Crippen molar-refractivity contribution in [3.63, 3.8) is 0 Å². The molecule has 0 spiro atoms. The van der Waals surface area contributed by atoms with Crippen molar-refractivity contribution in [3.05, 3.63) is 65.0 Å². The molecule has 1 heterocycles. The van der Waals surface area contributed by atoms with Gasteiger partial charge in [-0.25, -0.2) is 4.39 Å². The molecule has 0 saturated heterocycles. The molecule has 0 saturated carbocycles. The third kappa shape index (κ3) is 4.02. The van der Waals surface area contributed by atoms with E-state index >= 15 is 0 Å². The lowest BCUT2D eigenvalue weighted by Gasteiger charge is -2.42. The highest BCUT2D eigenvalue weighted by atomic mass is 19.4. The molecule has 2 aromatic rings. The predicted molar refractivity (Wildman–Crippen MR) is 93.6 cm³/mol. The van der Waals surface area contributed by atoms with Crippen molar-refractivity contribution < 1.29 is 32.2 Å². The van der Waals surface area contributed by atoms with Crippen molar-refractivity contribution in [1.82, 2.24) is 5.32 Å². The summed E-state index contributed by atoms with van der Waals surface area (Å²) in [5, 5.41) is 13.5. The molecule has 2 atom stereocenters. The Morgan fingerprint density at radius 1 is 1.18 bits per heavy atom. The number of aliphatic hydroxyl groups excluding tert-OH is 1. The molecular formula is C20H19F4NO3. The molecule has 150 valence electrons. The molecule has 2 unspecified atom stereocenters. The van der Waals surface area contributed by atoms with Crippen LogP contribution in [0.4, 0.5) is 17.6 Å². The molecule has 0 aliphatic carbocycles. The number of Topliss-reactive ketones (excluding diaryl/α,β-unsaturated/α-hetero) is 1. The van der Waals surface area contributed by atoms with E-state index in [-0.39, 0.29) is 29.2 Å². The van der Waals surface area contributed by atoms with Gasteiger partial charge in [-0.1, -0.05) is 0 Å². The Labute approximate surface area is 159 Å². The summed E-state index contributed by atoms with van der Waals surface area (Å²) in [7, 11) is 0. The Balaban J connectivity index is 1.88. The zero-order valence-electron chi connectivity index (χ0n) is 15.2. The summed E-state index contributed by atoms with van der Waals surface area (Å²) in [4.78, 5) is 12.3. The lowest BCUT2D eigenvalue weighted by molar-refractivity contribution is -0.137. The van der Waals surface area contributed by atoms with Gasteiger partial charge in [0.15, 0.2) is 5.78 Å². The number of hydrogen-bond acceptors (Lipinski definition) is 4. The first kappa shape index (κ1) is 20.3. The van der Waals surface area contributed by atoms with Crippen LogP contribution in [0.5, 0.6) is 5.75 Å². The van der Waals surface area contributed by atoms with Crippen molar-refractivity contribution >= 4 is 5.78 Å². The van der Waals surface area contributed by atoms with Gasteiger partial charge in [-0.05, 0) is 56.3 Å². The molecule has 28 heavy (non-hydrogen) atoms. The quantitative estimate of drug-likeness (QED) is 0.607. The topological polar surface area (TPSA) is 58.6 Å². The molecule has 4 nitrogen and oxygen atoms in total. The van der Waals surface area contributed by atoms with E-state index in [1.165, 1.54) is 18.2 Å². The maximum atomic E-state index is 13.1. The van der Waals surface area contributed by atoms with Crippen LogP contribution in [0.25, 0.3) is 0 Å². The minimum Gasteiger partial charge on any atom is -0.485 e. The zero-order chi connectivity index (χ0) is 20.7. The molecule has 3 rings (SSSR count). The fourth-order valence-corrected chi connectivity index (χ4v) is 3.14. The Kier molecular flexibility index (Phi) is 5.20. The third-order valence-corrected chi connectivity index (χ3v) is 4.72. The Morgan fingerprint density at radius 3 is 2.43 bits per heavy atom. The van der Waals surface area contributed by atoms with Gasteiger partial charge in [0.25, 0.3) is 0 Å². The van der Waals surface area contributed by atoms with Gasteiger partial charge in [-0.15, -0.1) is 0 Å². The van der Waals surface area contributed by atoms with E-state index in [0.717, 1.165) is 24.3 Å². The molecule has 0 amide bonds. The van der Waals surface area contributed by atoms with Gasteiger partial charge in [-0.2, -0.15) is 13.2 Å². The molecule has 0 bridgehead atoms. The number of ether oxygens (including phenoxy) is 1. The third-order valence-electron chi connectivity index (χ3n) is 4.72. The van der Waals surface area contributed by atoms with E-state index in [1.807, 2.05) is 0 Å². The van der Waals surface area contributed by atoms with E-state index in [0.29, 0.717) is 0 Å². The van der Waals surface area contributed by atoms with Crippen LogP contribution in [0.15, 0.2) is 42.5 Å². The second-order valence-corrected chi connectivity index (χ2v) is 7.19. The van der Waals surface area contributed by atoms with E-state index in [9.17, 15) is 27.5 Å². The van der Waals surface area contributed by atoms with Crippen LogP contribution < -0.4 is 10.1 Å². The summed E-state index contributed by atoms with van der Waals surface area (Å²) in [5.41, 5.74) is -1.59. The summed E-state index contributed by atoms with van der Waals surface area (Å²) in [6.45, 7) is 2.96. The Morgan fingerprint density at radius 2 is 1.82 bits per heavy atom. The number of carbonyl (C=O) groups excluding carboxylic acids is 1. The fourth-order valence-electron chi connectivity index (χ4n) is 3.14. The summed E-state index contributed by atoms with van der Waals surface area (Å²) in [6, 6.07) is 7.00. The van der Waals surface area contributed by atoms with Crippen molar-refractivity contribution in [2.45, 2.75) is 37.8 Å². The van der Waals surface area contributed by atoms with Crippen LogP contribution in [0.3, 0.4) is 0 Å². The molecule has 2 aromatic carbocycles. The van der Waals surface area contributed by atoms with Gasteiger partial charge >= 0.3 is 6.18 Å². The maximum Gasteiger partial charge on any atom is 0.416 e. The van der Waals surface area contributed by atoms with Crippen LogP contribution in [-0.4, -0.2) is 29.1 Å². The second-order valence-electron chi connectivity index (χ2n) is 7.19. The first-order valence-electron chi connectivity index (χ1n) is 8.59. The number of hydrogen-bond donors (Lipinski definition) is 2. The molecule has 1 aliphatic rings. The number of fused-ring (bicyclic) bond motifs is 1. The lowest BCUT2D eigenvalue weighted by Crippen LogP contribution is -2.53. The van der Waals surface area contributed by atoms with Crippen molar-refractivity contribution in [3.8, 4) is 5.75 Å². The molecule has 0 radical (unpaired) electrons. The molecule has 8 heteroatoms. The van der Waals surface area contributed by atoms with Crippen molar-refractivity contribution in [2.75, 3.05) is 6.54 Å². The highest BCUT2D eigenvalue weighted by Gasteiger charge is 2.44. The summed E-state index contributed by atoms with van der Waals surface area (Å²) < 4.78 is 57.9. The van der Waals surface area contributed by atoms with Gasteiger partial charge in [0.05, 0.1) is 18.2 Å². The average molecular weight is 397 g/mol.